The Morgan fingerprint density at radius 3 is 2.67 bits per heavy atom. The second-order valence-corrected chi connectivity index (χ2v) is 3.01. The molecule has 4 heteroatoms. The summed E-state index contributed by atoms with van der Waals surface area (Å²) in [6.45, 7) is 2.13. The molecule has 0 spiro atoms. The van der Waals surface area contributed by atoms with E-state index in [0.717, 1.165) is 25.7 Å². The highest BCUT2D eigenvalue weighted by molar-refractivity contribution is 5.64. The molecule has 0 aromatic carbocycles. The van der Waals surface area contributed by atoms with Crippen LogP contribution in [0, 0.1) is 0 Å². The zero-order valence-electron chi connectivity index (χ0n) is 7.29. The Balaban J connectivity index is 2.04. The zero-order valence-corrected chi connectivity index (χ0v) is 7.29. The molecular formula is C8H15NO3. The fraction of sp³-hybridized carbons (Fsp3) is 0.875. The molecule has 1 saturated heterocycles. The lowest BCUT2D eigenvalue weighted by Crippen LogP contribution is -2.48. The molecule has 12 heavy (non-hydrogen) atoms. The van der Waals surface area contributed by atoms with Gasteiger partial charge in [-0.15, -0.1) is 0 Å². The Bertz CT molecular complexity index is 152. The van der Waals surface area contributed by atoms with Gasteiger partial charge in [0.25, 0.3) is 6.29 Å². The van der Waals surface area contributed by atoms with Gasteiger partial charge in [0, 0.05) is 0 Å². The molecule has 4 nitrogen and oxygen atoms in total. The summed E-state index contributed by atoms with van der Waals surface area (Å²) < 4.78 is 9.29. The number of hydrogen-bond donors (Lipinski definition) is 1. The van der Waals surface area contributed by atoms with Gasteiger partial charge >= 0.3 is 6.16 Å². The Morgan fingerprint density at radius 2 is 2.17 bits per heavy atom. The molecule has 70 valence electrons. The Kier molecular flexibility index (Phi) is 3.34. The molecule has 0 radical (unpaired) electrons. The highest BCUT2D eigenvalue weighted by atomic mass is 16.9. The highest BCUT2D eigenvalue weighted by Gasteiger charge is 2.35. The lowest BCUT2D eigenvalue weighted by molar-refractivity contribution is -0.193. The van der Waals surface area contributed by atoms with E-state index in [9.17, 15) is 4.79 Å². The second kappa shape index (κ2) is 4.30. The SMILES string of the molecule is CCCCCC(N)C1OC(=O)O1. The van der Waals surface area contributed by atoms with Crippen molar-refractivity contribution in [3.63, 3.8) is 0 Å². The van der Waals surface area contributed by atoms with Crippen molar-refractivity contribution >= 4 is 6.16 Å². The summed E-state index contributed by atoms with van der Waals surface area (Å²) in [5.74, 6) is 0. The lowest BCUT2D eigenvalue weighted by atomic mass is 10.1. The van der Waals surface area contributed by atoms with Gasteiger partial charge in [-0.3, -0.25) is 0 Å². The number of ether oxygens (including phenoxy) is 2. The maximum atomic E-state index is 10.2. The molecule has 1 rings (SSSR count). The van der Waals surface area contributed by atoms with Crippen LogP contribution in [0.3, 0.4) is 0 Å². The number of cyclic esters (lactones) is 2. The summed E-state index contributed by atoms with van der Waals surface area (Å²) in [5, 5.41) is 0. The summed E-state index contributed by atoms with van der Waals surface area (Å²) >= 11 is 0. The predicted octanol–water partition coefficient (Wildman–Crippen LogP) is 1.39. The maximum absolute atomic E-state index is 10.2. The predicted molar refractivity (Wildman–Crippen MR) is 43.5 cm³/mol. The van der Waals surface area contributed by atoms with Crippen molar-refractivity contribution in [1.29, 1.82) is 0 Å². The van der Waals surface area contributed by atoms with Gasteiger partial charge in [-0.05, 0) is 6.42 Å². The molecule has 0 saturated carbocycles. The minimum Gasteiger partial charge on any atom is -0.392 e. The molecule has 0 aromatic rings. The first kappa shape index (κ1) is 9.32. The minimum absolute atomic E-state index is 0.158. The van der Waals surface area contributed by atoms with E-state index in [1.807, 2.05) is 0 Å². The third-order valence-corrected chi connectivity index (χ3v) is 1.92. The van der Waals surface area contributed by atoms with Crippen molar-refractivity contribution in [1.82, 2.24) is 0 Å². The number of nitrogens with two attached hydrogens (primary N) is 1. The van der Waals surface area contributed by atoms with Crippen molar-refractivity contribution in [2.75, 3.05) is 0 Å². The van der Waals surface area contributed by atoms with Crippen molar-refractivity contribution in [3.05, 3.63) is 0 Å². The topological polar surface area (TPSA) is 61.5 Å². The van der Waals surface area contributed by atoms with Crippen LogP contribution in [-0.2, 0) is 9.47 Å². The van der Waals surface area contributed by atoms with E-state index >= 15 is 0 Å². The van der Waals surface area contributed by atoms with E-state index in [-0.39, 0.29) is 6.04 Å². The van der Waals surface area contributed by atoms with Crippen LogP contribution in [0.25, 0.3) is 0 Å². The smallest absolute Gasteiger partial charge is 0.392 e. The van der Waals surface area contributed by atoms with Crippen molar-refractivity contribution in [2.24, 2.45) is 5.73 Å². The van der Waals surface area contributed by atoms with Gasteiger partial charge in [-0.25, -0.2) is 4.79 Å². The minimum atomic E-state index is -0.606. The molecule has 2 N–H and O–H groups in total. The molecule has 1 atom stereocenters. The molecule has 1 aliphatic heterocycles. The van der Waals surface area contributed by atoms with Crippen molar-refractivity contribution in [2.45, 2.75) is 44.9 Å². The van der Waals surface area contributed by atoms with Crippen LogP contribution in [-0.4, -0.2) is 18.5 Å². The summed E-state index contributed by atoms with van der Waals surface area (Å²) in [6.07, 6.45) is 3.15. The Hall–Kier alpha value is -0.770. The van der Waals surface area contributed by atoms with Gasteiger partial charge in [0.2, 0.25) is 0 Å². The molecule has 0 bridgehead atoms. The normalized spacial score (nSPS) is 19.3. The van der Waals surface area contributed by atoms with E-state index in [1.165, 1.54) is 0 Å². The molecule has 0 amide bonds. The number of unbranched alkanes of at least 4 members (excludes halogenated alkanes) is 2. The fourth-order valence-electron chi connectivity index (χ4n) is 1.14. The van der Waals surface area contributed by atoms with Crippen LogP contribution in [0.4, 0.5) is 4.79 Å². The zero-order chi connectivity index (χ0) is 8.97. The van der Waals surface area contributed by atoms with Crippen LogP contribution in [0.2, 0.25) is 0 Å². The largest absolute Gasteiger partial charge is 0.514 e. The molecule has 0 aliphatic carbocycles. The van der Waals surface area contributed by atoms with Gasteiger partial charge in [0.05, 0.1) is 6.04 Å². The van der Waals surface area contributed by atoms with E-state index in [1.54, 1.807) is 0 Å². The van der Waals surface area contributed by atoms with Crippen LogP contribution < -0.4 is 5.73 Å². The van der Waals surface area contributed by atoms with Gasteiger partial charge in [-0.2, -0.15) is 0 Å². The highest BCUT2D eigenvalue weighted by Crippen LogP contribution is 2.16. The van der Waals surface area contributed by atoms with Gasteiger partial charge in [0.1, 0.15) is 0 Å². The van der Waals surface area contributed by atoms with E-state index in [4.69, 9.17) is 5.73 Å². The average Bonchev–Trinajstić information content (AvgIpc) is 1.99. The van der Waals surface area contributed by atoms with Gasteiger partial charge < -0.3 is 15.2 Å². The summed E-state index contributed by atoms with van der Waals surface area (Å²) in [4.78, 5) is 10.2. The second-order valence-electron chi connectivity index (χ2n) is 3.01. The molecule has 1 heterocycles. The maximum Gasteiger partial charge on any atom is 0.514 e. The molecule has 1 unspecified atom stereocenters. The van der Waals surface area contributed by atoms with Crippen LogP contribution in [0.15, 0.2) is 0 Å². The average molecular weight is 173 g/mol. The first-order valence-electron chi connectivity index (χ1n) is 4.37. The van der Waals surface area contributed by atoms with Crippen LogP contribution in [0.5, 0.6) is 0 Å². The van der Waals surface area contributed by atoms with Crippen LogP contribution in [0.1, 0.15) is 32.6 Å². The monoisotopic (exact) mass is 173 g/mol. The van der Waals surface area contributed by atoms with Gasteiger partial charge in [-0.1, -0.05) is 26.2 Å². The molecule has 1 fully saturated rings. The number of rotatable bonds is 5. The Morgan fingerprint density at radius 1 is 1.50 bits per heavy atom. The van der Waals surface area contributed by atoms with Crippen molar-refractivity contribution in [3.8, 4) is 0 Å². The third kappa shape index (κ3) is 2.37. The first-order chi connectivity index (χ1) is 5.74. The molecule has 0 aromatic heterocycles. The summed E-state index contributed by atoms with van der Waals surface area (Å²) in [5.41, 5.74) is 5.68. The van der Waals surface area contributed by atoms with E-state index < -0.39 is 12.4 Å². The number of carbonyl (C=O) groups is 1. The number of hydrogen-bond acceptors (Lipinski definition) is 4. The lowest BCUT2D eigenvalue weighted by Gasteiger charge is -2.29. The van der Waals surface area contributed by atoms with Gasteiger partial charge in [0.15, 0.2) is 0 Å². The van der Waals surface area contributed by atoms with Crippen molar-refractivity contribution < 1.29 is 14.3 Å². The third-order valence-electron chi connectivity index (χ3n) is 1.92. The van der Waals surface area contributed by atoms with E-state index in [0.29, 0.717) is 0 Å². The fourth-order valence-corrected chi connectivity index (χ4v) is 1.14. The standard InChI is InChI=1S/C8H15NO3/c1-2-3-4-5-6(9)7-11-8(10)12-7/h6-7H,2-5,9H2,1H3. The van der Waals surface area contributed by atoms with Crippen LogP contribution >= 0.6 is 0 Å². The Labute approximate surface area is 72.0 Å². The number of carbonyl (C=O) groups excluding carboxylic acids is 1. The first-order valence-corrected chi connectivity index (χ1v) is 4.37. The quantitative estimate of drug-likeness (QED) is 0.504. The summed E-state index contributed by atoms with van der Waals surface area (Å²) in [7, 11) is 0. The van der Waals surface area contributed by atoms with E-state index in [2.05, 4.69) is 16.4 Å². The summed E-state index contributed by atoms with van der Waals surface area (Å²) in [6, 6.07) is -0.158. The molecule has 1 aliphatic rings. The molecular weight excluding hydrogens is 158 g/mol.